The van der Waals surface area contributed by atoms with Crippen LogP contribution in [0.2, 0.25) is 0 Å². The minimum Gasteiger partial charge on any atom is -0.411 e. The molecule has 4 atom stereocenters. The maximum absolute atomic E-state index is 15.1. The van der Waals surface area contributed by atoms with Gasteiger partial charge in [-0.15, -0.1) is 0 Å². The van der Waals surface area contributed by atoms with Crippen LogP contribution in [0.1, 0.15) is 25.6 Å². The van der Waals surface area contributed by atoms with Crippen LogP contribution in [-0.2, 0) is 9.53 Å². The van der Waals surface area contributed by atoms with Gasteiger partial charge in [0.15, 0.2) is 11.9 Å². The Morgan fingerprint density at radius 3 is 2.88 bits per heavy atom. The lowest BCUT2D eigenvalue weighted by atomic mass is 9.98. The summed E-state index contributed by atoms with van der Waals surface area (Å²) in [6, 6.07) is 0. The number of hydrogen-bond acceptors (Lipinski definition) is 8. The Morgan fingerprint density at radius 2 is 2.31 bits per heavy atom. The number of nitrogens with zero attached hydrogens (tertiary/aromatic N) is 4. The van der Waals surface area contributed by atoms with Crippen LogP contribution in [0.25, 0.3) is 11.0 Å². The van der Waals surface area contributed by atoms with E-state index in [2.05, 4.69) is 20.4 Å². The van der Waals surface area contributed by atoms with Gasteiger partial charge in [0.2, 0.25) is 5.91 Å². The van der Waals surface area contributed by atoms with Crippen LogP contribution in [0.5, 0.6) is 0 Å². The number of aliphatic hydroxyl groups is 2. The Kier molecular flexibility index (Phi) is 4.61. The summed E-state index contributed by atoms with van der Waals surface area (Å²) in [6.07, 6.45) is -0.315. The molecule has 0 radical (unpaired) electrons. The van der Waals surface area contributed by atoms with Gasteiger partial charge in [0.1, 0.15) is 30.0 Å². The van der Waals surface area contributed by atoms with Crippen molar-refractivity contribution in [1.29, 1.82) is 0 Å². The first-order valence-corrected chi connectivity index (χ1v) is 7.75. The van der Waals surface area contributed by atoms with Crippen LogP contribution >= 0.6 is 0 Å². The Hall–Kier alpha value is -2.63. The second-order valence-corrected chi connectivity index (χ2v) is 6.14. The molecule has 10 nitrogen and oxygen atoms in total. The van der Waals surface area contributed by atoms with Gasteiger partial charge >= 0.3 is 0 Å². The smallest absolute Gasteiger partial charge is 0.222 e. The lowest BCUT2D eigenvalue weighted by molar-refractivity contribution is -0.114. The zero-order valence-corrected chi connectivity index (χ0v) is 14.0. The maximum Gasteiger partial charge on any atom is 0.222 e. The second-order valence-electron chi connectivity index (χ2n) is 6.14. The number of anilines is 1. The van der Waals surface area contributed by atoms with Crippen LogP contribution in [0.4, 0.5) is 10.2 Å². The van der Waals surface area contributed by atoms with Crippen molar-refractivity contribution in [3.63, 3.8) is 0 Å². The molecule has 1 fully saturated rings. The third kappa shape index (κ3) is 2.79. The van der Waals surface area contributed by atoms with Gasteiger partial charge in [-0.25, -0.2) is 14.4 Å². The van der Waals surface area contributed by atoms with E-state index in [1.807, 2.05) is 0 Å². The van der Waals surface area contributed by atoms with Crippen LogP contribution in [0.3, 0.4) is 0 Å². The van der Waals surface area contributed by atoms with Gasteiger partial charge in [-0.1, -0.05) is 5.16 Å². The number of halogens is 1. The quantitative estimate of drug-likeness (QED) is 0.343. The Bertz CT molecular complexity index is 867. The van der Waals surface area contributed by atoms with Crippen molar-refractivity contribution in [2.24, 2.45) is 5.16 Å². The SMILES string of the molecule is CC(=O)Nc1ncnc2c1c(C=NO)cn2[C@@H]1OC(CO)C(O)[C@@]1(C)F. The number of ether oxygens (including phenoxy) is 1. The highest BCUT2D eigenvalue weighted by atomic mass is 19.1. The molecule has 26 heavy (non-hydrogen) atoms. The van der Waals surface area contributed by atoms with Crippen LogP contribution in [0.15, 0.2) is 17.7 Å². The number of carbonyl (C=O) groups is 1. The number of aromatic nitrogens is 3. The molecule has 0 aliphatic carbocycles. The lowest BCUT2D eigenvalue weighted by Gasteiger charge is -2.25. The Morgan fingerprint density at radius 1 is 1.58 bits per heavy atom. The fourth-order valence-electron chi connectivity index (χ4n) is 3.08. The molecule has 0 saturated carbocycles. The fraction of sp³-hybridized carbons (Fsp3) is 0.467. The van der Waals surface area contributed by atoms with E-state index < -0.39 is 30.7 Å². The summed E-state index contributed by atoms with van der Waals surface area (Å²) < 4.78 is 21.9. The van der Waals surface area contributed by atoms with E-state index in [1.165, 1.54) is 24.0 Å². The molecule has 2 unspecified atom stereocenters. The number of amides is 1. The summed E-state index contributed by atoms with van der Waals surface area (Å²) in [5.41, 5.74) is -1.74. The number of carbonyl (C=O) groups excluding carboxylic acids is 1. The van der Waals surface area contributed by atoms with E-state index in [0.29, 0.717) is 10.9 Å². The van der Waals surface area contributed by atoms with Crippen LogP contribution in [-0.4, -0.2) is 66.6 Å². The largest absolute Gasteiger partial charge is 0.411 e. The summed E-state index contributed by atoms with van der Waals surface area (Å²) in [6.45, 7) is 1.89. The zero-order chi connectivity index (χ0) is 19.1. The van der Waals surface area contributed by atoms with Crippen molar-refractivity contribution < 1.29 is 29.3 Å². The van der Waals surface area contributed by atoms with Gasteiger partial charge in [-0.3, -0.25) is 4.79 Å². The minimum absolute atomic E-state index is 0.147. The third-order valence-electron chi connectivity index (χ3n) is 4.28. The van der Waals surface area contributed by atoms with Gasteiger partial charge in [-0.2, -0.15) is 0 Å². The molecule has 140 valence electrons. The average molecular weight is 367 g/mol. The van der Waals surface area contributed by atoms with Crippen LogP contribution in [0, 0.1) is 0 Å². The zero-order valence-electron chi connectivity index (χ0n) is 14.0. The van der Waals surface area contributed by atoms with E-state index >= 15 is 4.39 Å². The fourth-order valence-corrected chi connectivity index (χ4v) is 3.08. The summed E-state index contributed by atoms with van der Waals surface area (Å²) in [7, 11) is 0. The molecular formula is C15H18FN5O5. The molecule has 2 aromatic heterocycles. The monoisotopic (exact) mass is 367 g/mol. The van der Waals surface area contributed by atoms with Crippen molar-refractivity contribution in [3.05, 3.63) is 18.1 Å². The Labute approximate surface area is 146 Å². The van der Waals surface area contributed by atoms with Crippen molar-refractivity contribution in [1.82, 2.24) is 14.5 Å². The molecule has 0 bridgehead atoms. The summed E-state index contributed by atoms with van der Waals surface area (Å²) in [4.78, 5) is 19.5. The van der Waals surface area contributed by atoms with E-state index in [0.717, 1.165) is 13.1 Å². The molecule has 0 aromatic carbocycles. The standard InChI is InChI=1S/C15H18FN5O5/c1-7(23)20-12-10-8(3-19-25)4-21(13(10)18-6-17-12)14-15(2,16)11(24)9(5-22)26-14/h3-4,6,9,11,14,22,24-25H,5H2,1-2H3,(H,17,18,20,23)/t9?,11?,14-,15-/m1/s1. The highest BCUT2D eigenvalue weighted by Crippen LogP contribution is 2.43. The molecule has 3 heterocycles. The van der Waals surface area contributed by atoms with Gasteiger partial charge in [-0.05, 0) is 6.92 Å². The highest BCUT2D eigenvalue weighted by Gasteiger charge is 2.55. The number of rotatable bonds is 4. The molecular weight excluding hydrogens is 349 g/mol. The molecule has 2 aromatic rings. The first-order chi connectivity index (χ1) is 12.3. The normalized spacial score (nSPS) is 28.9. The highest BCUT2D eigenvalue weighted by molar-refractivity contribution is 6.06. The Balaban J connectivity index is 2.20. The number of hydrogen-bond donors (Lipinski definition) is 4. The summed E-state index contributed by atoms with van der Waals surface area (Å²) in [5, 5.41) is 34.1. The van der Waals surface area contributed by atoms with E-state index in [4.69, 9.17) is 9.94 Å². The molecule has 11 heteroatoms. The van der Waals surface area contributed by atoms with Gasteiger partial charge in [0.05, 0.1) is 18.2 Å². The van der Waals surface area contributed by atoms with Crippen molar-refractivity contribution in [2.75, 3.05) is 11.9 Å². The molecule has 1 amide bonds. The molecule has 1 saturated heterocycles. The number of fused-ring (bicyclic) bond motifs is 1. The topological polar surface area (TPSA) is 142 Å². The predicted octanol–water partition coefficient (Wildman–Crippen LogP) is 0.177. The first-order valence-electron chi connectivity index (χ1n) is 7.75. The number of aliphatic hydroxyl groups excluding tert-OH is 2. The molecule has 0 spiro atoms. The van der Waals surface area contributed by atoms with Gasteiger partial charge in [0.25, 0.3) is 0 Å². The third-order valence-corrected chi connectivity index (χ3v) is 4.28. The molecule has 3 rings (SSSR count). The van der Waals surface area contributed by atoms with Crippen molar-refractivity contribution in [3.8, 4) is 0 Å². The molecule has 1 aliphatic rings. The van der Waals surface area contributed by atoms with Crippen LogP contribution < -0.4 is 5.32 Å². The number of nitrogens with one attached hydrogen (secondary N) is 1. The van der Waals surface area contributed by atoms with E-state index in [1.54, 1.807) is 0 Å². The van der Waals surface area contributed by atoms with Crippen molar-refractivity contribution in [2.45, 2.75) is 38.0 Å². The van der Waals surface area contributed by atoms with Gasteiger partial charge in [0, 0.05) is 18.7 Å². The predicted molar refractivity (Wildman–Crippen MR) is 87.7 cm³/mol. The second kappa shape index (κ2) is 6.59. The number of alkyl halides is 1. The minimum atomic E-state index is -2.23. The van der Waals surface area contributed by atoms with E-state index in [-0.39, 0.29) is 17.4 Å². The molecule has 4 N–H and O–H groups in total. The van der Waals surface area contributed by atoms with Gasteiger partial charge < -0.3 is 30.0 Å². The lowest BCUT2D eigenvalue weighted by Crippen LogP contribution is -2.40. The molecule has 1 aliphatic heterocycles. The maximum atomic E-state index is 15.1. The van der Waals surface area contributed by atoms with Crippen molar-refractivity contribution >= 4 is 29.0 Å². The van der Waals surface area contributed by atoms with E-state index in [9.17, 15) is 15.0 Å². The first kappa shape index (κ1) is 18.2. The number of oxime groups is 1. The average Bonchev–Trinajstić information content (AvgIpc) is 3.04. The summed E-state index contributed by atoms with van der Waals surface area (Å²) >= 11 is 0. The summed E-state index contributed by atoms with van der Waals surface area (Å²) in [5.74, 6) is -0.234.